The number of nitrogens with zero attached hydrogens (tertiary/aromatic N) is 2. The van der Waals surface area contributed by atoms with Gasteiger partial charge < -0.3 is 48.2 Å². The number of nitrogens with one attached hydrogen (secondary N) is 1. The Morgan fingerprint density at radius 1 is 0.979 bits per heavy atom. The lowest BCUT2D eigenvalue weighted by Gasteiger charge is -2.38. The number of carbonyl (C=O) groups is 1. The van der Waals surface area contributed by atoms with Gasteiger partial charge in [0.25, 0.3) is 5.91 Å². The Morgan fingerprint density at radius 3 is 2.40 bits per heavy atom. The molecule has 1 aliphatic carbocycles. The van der Waals surface area contributed by atoms with E-state index in [9.17, 15) is 14.5 Å². The first-order valence-corrected chi connectivity index (χ1v) is 14.8. The zero-order valence-corrected chi connectivity index (χ0v) is 27.0. The van der Waals surface area contributed by atoms with Gasteiger partial charge in [0.15, 0.2) is 52.9 Å². The Hall–Kier alpha value is -4.67. The van der Waals surface area contributed by atoms with Crippen LogP contribution >= 0.6 is 11.6 Å². The molecule has 2 aliphatic heterocycles. The minimum Gasteiger partial charge on any atom is -0.491 e. The van der Waals surface area contributed by atoms with Gasteiger partial charge in [-0.25, -0.2) is 0 Å². The number of rotatable bonds is 4. The van der Waals surface area contributed by atoms with Crippen molar-refractivity contribution < 1.29 is 41.9 Å². The summed E-state index contributed by atoms with van der Waals surface area (Å²) in [6.45, 7) is 3.80. The van der Waals surface area contributed by atoms with Crippen LogP contribution in [-0.2, 0) is 14.2 Å². The van der Waals surface area contributed by atoms with Crippen molar-refractivity contribution in [3.05, 3.63) is 60.6 Å². The van der Waals surface area contributed by atoms with E-state index in [-0.39, 0.29) is 73.7 Å². The van der Waals surface area contributed by atoms with Crippen LogP contribution in [0.5, 0.6) is 11.5 Å². The van der Waals surface area contributed by atoms with E-state index in [1.807, 2.05) is 13.8 Å². The maximum absolute atomic E-state index is 14.2. The Balaban J connectivity index is 0.00000126. The van der Waals surface area contributed by atoms with Crippen molar-refractivity contribution in [2.45, 2.75) is 38.3 Å². The first kappa shape index (κ1) is 32.3. The number of amides is 1. The second-order valence-corrected chi connectivity index (χ2v) is 11.0. The van der Waals surface area contributed by atoms with Crippen molar-refractivity contribution in [3.8, 4) is 11.5 Å². The first-order valence-electron chi connectivity index (χ1n) is 14.4. The molecule has 3 aliphatic rings. The lowest BCUT2D eigenvalue weighted by atomic mass is 9.80. The smallest absolute Gasteiger partial charge is 0.259 e. The van der Waals surface area contributed by atoms with Crippen LogP contribution in [0.15, 0.2) is 41.6 Å². The van der Waals surface area contributed by atoms with Crippen molar-refractivity contribution >= 4 is 61.4 Å². The van der Waals surface area contributed by atoms with E-state index in [1.165, 1.54) is 45.4 Å². The fourth-order valence-corrected chi connectivity index (χ4v) is 7.04. The number of H-pyrrole nitrogens is 1. The number of methoxy groups -OCH3 is 3. The van der Waals surface area contributed by atoms with Crippen LogP contribution in [0.25, 0.3) is 43.9 Å². The molecule has 0 fully saturated rings. The van der Waals surface area contributed by atoms with Crippen molar-refractivity contribution in [2.24, 2.45) is 5.18 Å². The van der Waals surface area contributed by atoms with E-state index < -0.39 is 35.8 Å². The molecular formula is C31H31ClN4O11. The standard InChI is InChI=1S/C29H22ClN3O11.C2H6.H3N/c1-33-28(35)14-10(18(31-36)29(33)39-4)7-11-13-15-16-25(20(11)37-2)40-8-41-26(16)27-17(24(15)44-32-43-23(13)14)19(34)9-5-6-12(30)22(38-3)21(9)42-27;1-2;/h5-7,18,20,25,29,32H,8H2,1-4H3;1-2H3;1H3. The van der Waals surface area contributed by atoms with Crippen molar-refractivity contribution in [1.82, 2.24) is 16.4 Å². The third-order valence-electron chi connectivity index (χ3n) is 8.66. The molecule has 0 saturated heterocycles. The predicted molar refractivity (Wildman–Crippen MR) is 170 cm³/mol. The van der Waals surface area contributed by atoms with Crippen molar-refractivity contribution in [3.63, 3.8) is 0 Å². The SMILES string of the molecule is CC.COc1c(Cl)ccc2c(=O)c3c(oc12)c1c2c4c3o[nH]oc3c5c(cc(c34)C(OC)C2OCO1)C(N=O)C(OC)N(C)C5=O.N. The minimum atomic E-state index is -1.09. The molecule has 4 heterocycles. The molecule has 248 valence electrons. The molecule has 4 N–H and O–H groups in total. The van der Waals surface area contributed by atoms with Crippen LogP contribution in [0, 0.1) is 4.91 Å². The molecule has 16 heteroatoms. The molecule has 0 bridgehead atoms. The van der Waals surface area contributed by atoms with Crippen LogP contribution in [0.2, 0.25) is 5.02 Å². The number of hydrogen-bond acceptors (Lipinski definition) is 13. The monoisotopic (exact) mass is 670 g/mol. The summed E-state index contributed by atoms with van der Waals surface area (Å²) in [6, 6.07) is 3.64. The first-order chi connectivity index (χ1) is 22.4. The summed E-state index contributed by atoms with van der Waals surface area (Å²) in [4.78, 5) is 41.5. The highest BCUT2D eigenvalue weighted by atomic mass is 35.5. The zero-order valence-electron chi connectivity index (χ0n) is 26.2. The third kappa shape index (κ3) is 4.14. The van der Waals surface area contributed by atoms with E-state index in [0.29, 0.717) is 21.9 Å². The van der Waals surface area contributed by atoms with Gasteiger partial charge in [-0.05, 0) is 23.8 Å². The van der Waals surface area contributed by atoms with Crippen LogP contribution < -0.4 is 21.1 Å². The molecule has 2 aromatic heterocycles. The summed E-state index contributed by atoms with van der Waals surface area (Å²) in [5.74, 6) is -0.0925. The van der Waals surface area contributed by atoms with Crippen LogP contribution in [0.1, 0.15) is 59.1 Å². The summed E-state index contributed by atoms with van der Waals surface area (Å²) in [6.07, 6.45) is -2.53. The molecule has 15 nitrogen and oxygen atoms in total. The van der Waals surface area contributed by atoms with Crippen molar-refractivity contribution in [2.75, 3.05) is 35.2 Å². The summed E-state index contributed by atoms with van der Waals surface area (Å²) in [7, 11) is 5.81. The maximum atomic E-state index is 14.2. The number of aromatic nitrogens is 1. The Bertz CT molecular complexity index is 2220. The van der Waals surface area contributed by atoms with Crippen molar-refractivity contribution in [1.29, 1.82) is 0 Å². The Kier molecular flexibility index (Phi) is 8.14. The molecule has 0 saturated carbocycles. The number of carbonyl (C=O) groups excluding carboxylic acids is 1. The average Bonchev–Trinajstić information content (AvgIpc) is 3.28. The van der Waals surface area contributed by atoms with Crippen LogP contribution in [-0.4, -0.2) is 57.5 Å². The molecule has 4 unspecified atom stereocenters. The minimum absolute atomic E-state index is 0. The van der Waals surface area contributed by atoms with E-state index >= 15 is 0 Å². The molecular weight excluding hydrogens is 640 g/mol. The highest BCUT2D eigenvalue weighted by Gasteiger charge is 2.47. The summed E-state index contributed by atoms with van der Waals surface area (Å²) in [5, 5.41) is 6.96. The topological polar surface area (TPSA) is 203 Å². The number of hydrogen-bond donors (Lipinski definition) is 2. The van der Waals surface area contributed by atoms with E-state index in [2.05, 4.69) is 10.5 Å². The predicted octanol–water partition coefficient (Wildman–Crippen LogP) is 6.72. The summed E-state index contributed by atoms with van der Waals surface area (Å²) < 4.78 is 47.2. The lowest BCUT2D eigenvalue weighted by Crippen LogP contribution is -2.46. The molecule has 47 heavy (non-hydrogen) atoms. The van der Waals surface area contributed by atoms with E-state index in [4.69, 9.17) is 48.7 Å². The number of likely N-dealkylation sites (N-methyl/N-ethyl adjacent to an activating group) is 1. The number of fused-ring (bicyclic) bond motifs is 6. The highest BCUT2D eigenvalue weighted by Crippen LogP contribution is 2.56. The van der Waals surface area contributed by atoms with Crippen LogP contribution in [0.4, 0.5) is 0 Å². The number of aromatic amines is 1. The molecule has 3 aromatic carbocycles. The van der Waals surface area contributed by atoms with Gasteiger partial charge in [0, 0.05) is 43.2 Å². The van der Waals surface area contributed by atoms with Crippen LogP contribution in [0.3, 0.4) is 0 Å². The lowest BCUT2D eigenvalue weighted by molar-refractivity contribution is -0.120. The average molecular weight is 671 g/mol. The quantitative estimate of drug-likeness (QED) is 0.151. The molecule has 5 aromatic rings. The second-order valence-electron chi connectivity index (χ2n) is 10.6. The number of ether oxygens (including phenoxy) is 5. The summed E-state index contributed by atoms with van der Waals surface area (Å²) >= 11 is 6.36. The van der Waals surface area contributed by atoms with Gasteiger partial charge in [0.05, 0.1) is 23.1 Å². The fourth-order valence-electron chi connectivity index (χ4n) is 6.81. The molecule has 0 radical (unpaired) electrons. The van der Waals surface area contributed by atoms with E-state index in [0.717, 1.165) is 0 Å². The maximum Gasteiger partial charge on any atom is 0.259 e. The Labute approximate surface area is 270 Å². The number of halogens is 1. The zero-order chi connectivity index (χ0) is 32.6. The van der Waals surface area contributed by atoms with Gasteiger partial charge in [0.2, 0.25) is 5.43 Å². The van der Waals surface area contributed by atoms with Gasteiger partial charge in [-0.1, -0.05) is 36.0 Å². The molecule has 1 amide bonds. The highest BCUT2D eigenvalue weighted by molar-refractivity contribution is 6.33. The normalized spacial score (nSPS) is 20.8. The number of nitroso groups, excluding NO2 is 1. The second kappa shape index (κ2) is 11.8. The van der Waals surface area contributed by atoms with Gasteiger partial charge in [-0.15, -0.1) is 4.91 Å². The molecule has 4 atom stereocenters. The van der Waals surface area contributed by atoms with E-state index in [1.54, 1.807) is 6.07 Å². The largest absolute Gasteiger partial charge is 0.491 e. The fraction of sp³-hybridized carbons (Fsp3) is 0.355. The molecule has 8 rings (SSSR count). The van der Waals surface area contributed by atoms with Gasteiger partial charge in [0.1, 0.15) is 17.6 Å². The number of benzene rings is 3. The van der Waals surface area contributed by atoms with Gasteiger partial charge in [-0.3, -0.25) is 9.59 Å². The summed E-state index contributed by atoms with van der Waals surface area (Å²) in [5.41, 5.74) is 1.13. The third-order valence-corrected chi connectivity index (χ3v) is 8.95. The van der Waals surface area contributed by atoms with Gasteiger partial charge in [-0.2, -0.15) is 0 Å². The van der Waals surface area contributed by atoms with Gasteiger partial charge >= 0.3 is 0 Å². The molecule has 0 spiro atoms. The Morgan fingerprint density at radius 2 is 1.72 bits per heavy atom.